The molecule has 6 N–H and O–H groups in total. The van der Waals surface area contributed by atoms with E-state index in [1.807, 2.05) is 48.5 Å². The van der Waals surface area contributed by atoms with E-state index in [1.54, 1.807) is 0 Å². The standard InChI is InChI=1S/C23H28N2O8/c26-11-20(33-13-27)22(30)19(28)9-24-21(29)10-25-23(31)32-12-18-16-7-3-1-5-14(16)15-6-2-4-8-17(15)18/h1-8,18-20,22,26-28,30H,9-13H2,(H,24,29)(H,25,31). The van der Waals surface area contributed by atoms with Gasteiger partial charge in [0.1, 0.15) is 25.6 Å². The van der Waals surface area contributed by atoms with Crippen LogP contribution in [0.5, 0.6) is 0 Å². The first-order valence-corrected chi connectivity index (χ1v) is 10.5. The topological polar surface area (TPSA) is 158 Å². The zero-order chi connectivity index (χ0) is 23.8. The maximum atomic E-state index is 12.1. The van der Waals surface area contributed by atoms with E-state index in [4.69, 9.17) is 14.9 Å². The van der Waals surface area contributed by atoms with Gasteiger partial charge >= 0.3 is 6.09 Å². The highest BCUT2D eigenvalue weighted by Crippen LogP contribution is 2.44. The molecule has 2 aromatic rings. The molecule has 2 aromatic carbocycles. The van der Waals surface area contributed by atoms with Crippen molar-refractivity contribution in [3.8, 4) is 11.1 Å². The summed E-state index contributed by atoms with van der Waals surface area (Å²) in [5, 5.41) is 42.2. The second-order valence-corrected chi connectivity index (χ2v) is 7.56. The molecule has 33 heavy (non-hydrogen) atoms. The summed E-state index contributed by atoms with van der Waals surface area (Å²) in [4.78, 5) is 24.0. The molecule has 0 aliphatic heterocycles. The highest BCUT2D eigenvalue weighted by Gasteiger charge is 2.29. The number of benzene rings is 2. The lowest BCUT2D eigenvalue weighted by atomic mass is 9.98. The van der Waals surface area contributed by atoms with E-state index in [2.05, 4.69) is 15.4 Å². The van der Waals surface area contributed by atoms with Crippen LogP contribution in [0.4, 0.5) is 4.79 Å². The van der Waals surface area contributed by atoms with Crippen molar-refractivity contribution in [1.29, 1.82) is 0 Å². The van der Waals surface area contributed by atoms with Gasteiger partial charge in [-0.2, -0.15) is 0 Å². The third kappa shape index (κ3) is 6.06. The summed E-state index contributed by atoms with van der Waals surface area (Å²) in [6.45, 7) is -2.00. The molecule has 1 aliphatic carbocycles. The number of hydrogen-bond donors (Lipinski definition) is 6. The van der Waals surface area contributed by atoms with Crippen molar-refractivity contribution in [2.24, 2.45) is 0 Å². The minimum absolute atomic E-state index is 0.103. The molecule has 3 atom stereocenters. The first-order chi connectivity index (χ1) is 16.0. The van der Waals surface area contributed by atoms with Crippen molar-refractivity contribution < 1.29 is 39.5 Å². The minimum Gasteiger partial charge on any atom is -0.449 e. The molecule has 2 amide bonds. The molecule has 0 spiro atoms. The Bertz CT molecular complexity index is 908. The molecule has 10 heteroatoms. The molecule has 0 aromatic heterocycles. The van der Waals surface area contributed by atoms with Gasteiger partial charge in [-0.1, -0.05) is 48.5 Å². The number of carbonyl (C=O) groups is 2. The number of alkyl carbamates (subject to hydrolysis) is 1. The van der Waals surface area contributed by atoms with E-state index in [-0.39, 0.29) is 19.1 Å². The van der Waals surface area contributed by atoms with Crippen molar-refractivity contribution in [3.05, 3.63) is 59.7 Å². The fourth-order valence-corrected chi connectivity index (χ4v) is 3.81. The lowest BCUT2D eigenvalue weighted by Crippen LogP contribution is -2.48. The maximum absolute atomic E-state index is 12.1. The molecule has 3 rings (SSSR count). The Kier molecular flexibility index (Phi) is 8.75. The van der Waals surface area contributed by atoms with Crippen LogP contribution in [0.15, 0.2) is 48.5 Å². The second-order valence-electron chi connectivity index (χ2n) is 7.56. The summed E-state index contributed by atoms with van der Waals surface area (Å²) < 4.78 is 10.0. The van der Waals surface area contributed by atoms with Crippen LogP contribution in [0.25, 0.3) is 11.1 Å². The number of amides is 2. The van der Waals surface area contributed by atoms with Crippen LogP contribution in [0.2, 0.25) is 0 Å². The molecule has 178 valence electrons. The summed E-state index contributed by atoms with van der Waals surface area (Å²) in [7, 11) is 0. The molecule has 0 saturated heterocycles. The van der Waals surface area contributed by atoms with Crippen LogP contribution in [0.1, 0.15) is 17.0 Å². The van der Waals surface area contributed by atoms with Gasteiger partial charge in [0.25, 0.3) is 0 Å². The molecule has 0 radical (unpaired) electrons. The lowest BCUT2D eigenvalue weighted by Gasteiger charge is -2.25. The Morgan fingerprint density at radius 3 is 2.12 bits per heavy atom. The minimum atomic E-state index is -1.53. The van der Waals surface area contributed by atoms with Crippen LogP contribution in [0, 0.1) is 0 Å². The highest BCUT2D eigenvalue weighted by molar-refractivity contribution is 5.82. The van der Waals surface area contributed by atoms with Crippen molar-refractivity contribution in [2.75, 3.05) is 33.1 Å². The Morgan fingerprint density at radius 2 is 1.55 bits per heavy atom. The van der Waals surface area contributed by atoms with Gasteiger partial charge in [0.15, 0.2) is 0 Å². The number of nitrogens with one attached hydrogen (secondary N) is 2. The van der Waals surface area contributed by atoms with Gasteiger partial charge in [-0.15, -0.1) is 0 Å². The Morgan fingerprint density at radius 1 is 0.939 bits per heavy atom. The van der Waals surface area contributed by atoms with Crippen LogP contribution >= 0.6 is 0 Å². The van der Waals surface area contributed by atoms with E-state index >= 15 is 0 Å². The molecule has 0 saturated carbocycles. The fraction of sp³-hybridized carbons (Fsp3) is 0.391. The Hall–Kier alpha value is -3.02. The van der Waals surface area contributed by atoms with E-state index in [9.17, 15) is 19.8 Å². The average molecular weight is 460 g/mol. The first-order valence-electron chi connectivity index (χ1n) is 10.5. The third-order valence-electron chi connectivity index (χ3n) is 5.49. The smallest absolute Gasteiger partial charge is 0.407 e. The Labute approximate surface area is 190 Å². The first kappa shape index (κ1) is 24.6. The van der Waals surface area contributed by atoms with E-state index in [0.29, 0.717) is 0 Å². The van der Waals surface area contributed by atoms with Gasteiger partial charge in [-0.25, -0.2) is 4.79 Å². The molecule has 0 bridgehead atoms. The quantitative estimate of drug-likeness (QED) is 0.249. The van der Waals surface area contributed by atoms with E-state index < -0.39 is 50.3 Å². The predicted molar refractivity (Wildman–Crippen MR) is 117 cm³/mol. The van der Waals surface area contributed by atoms with Crippen LogP contribution < -0.4 is 10.6 Å². The van der Waals surface area contributed by atoms with Gasteiger partial charge in [0.05, 0.1) is 19.3 Å². The molecule has 0 fully saturated rings. The average Bonchev–Trinajstić information content (AvgIpc) is 3.16. The molecule has 3 unspecified atom stereocenters. The van der Waals surface area contributed by atoms with Crippen LogP contribution in [0.3, 0.4) is 0 Å². The SMILES string of the molecule is O=C(CNC(=O)OCC1c2ccccc2-c2ccccc21)NCC(O)C(O)C(CO)OCO. The number of carbonyl (C=O) groups excluding carboxylic acids is 2. The van der Waals surface area contributed by atoms with Crippen molar-refractivity contribution in [2.45, 2.75) is 24.2 Å². The molecular weight excluding hydrogens is 432 g/mol. The molecule has 0 heterocycles. The van der Waals surface area contributed by atoms with Gasteiger partial charge in [0.2, 0.25) is 5.91 Å². The zero-order valence-corrected chi connectivity index (χ0v) is 17.9. The van der Waals surface area contributed by atoms with E-state index in [1.165, 1.54) is 0 Å². The summed E-state index contributed by atoms with van der Waals surface area (Å²) in [6, 6.07) is 15.9. The monoisotopic (exact) mass is 460 g/mol. The number of fused-ring (bicyclic) bond motifs is 3. The van der Waals surface area contributed by atoms with Crippen molar-refractivity contribution >= 4 is 12.0 Å². The maximum Gasteiger partial charge on any atom is 0.407 e. The van der Waals surface area contributed by atoms with Crippen LogP contribution in [-0.4, -0.2) is 83.8 Å². The van der Waals surface area contributed by atoms with Crippen molar-refractivity contribution in [1.82, 2.24) is 10.6 Å². The van der Waals surface area contributed by atoms with Crippen molar-refractivity contribution in [3.63, 3.8) is 0 Å². The lowest BCUT2D eigenvalue weighted by molar-refractivity contribution is -0.143. The molecular formula is C23H28N2O8. The summed E-state index contributed by atoms with van der Waals surface area (Å²) in [5.74, 6) is -0.715. The summed E-state index contributed by atoms with van der Waals surface area (Å²) >= 11 is 0. The predicted octanol–water partition coefficient (Wildman–Crippen LogP) is -0.310. The van der Waals surface area contributed by atoms with Gasteiger partial charge < -0.3 is 40.5 Å². The number of rotatable bonds is 11. The van der Waals surface area contributed by atoms with Gasteiger partial charge in [-0.3, -0.25) is 4.79 Å². The number of aliphatic hydroxyl groups is 4. The van der Waals surface area contributed by atoms with Crippen LogP contribution in [-0.2, 0) is 14.3 Å². The molecule has 1 aliphatic rings. The zero-order valence-electron chi connectivity index (χ0n) is 17.9. The van der Waals surface area contributed by atoms with Gasteiger partial charge in [0, 0.05) is 12.5 Å². The summed E-state index contributed by atoms with van der Waals surface area (Å²) in [6.07, 6.45) is -4.95. The second kappa shape index (κ2) is 11.7. The largest absolute Gasteiger partial charge is 0.449 e. The highest BCUT2D eigenvalue weighted by atomic mass is 16.6. The number of hydrogen-bond acceptors (Lipinski definition) is 8. The number of aliphatic hydroxyl groups excluding tert-OH is 4. The molecule has 10 nitrogen and oxygen atoms in total. The normalized spacial score (nSPS) is 15.2. The third-order valence-corrected chi connectivity index (χ3v) is 5.49. The Balaban J connectivity index is 1.43. The van der Waals surface area contributed by atoms with Gasteiger partial charge in [-0.05, 0) is 22.3 Å². The van der Waals surface area contributed by atoms with E-state index in [0.717, 1.165) is 22.3 Å². The fourth-order valence-electron chi connectivity index (χ4n) is 3.81. The summed E-state index contributed by atoms with van der Waals surface area (Å²) in [5.41, 5.74) is 4.36. The number of ether oxygens (including phenoxy) is 2.